The summed E-state index contributed by atoms with van der Waals surface area (Å²) in [7, 11) is -1.35. The van der Waals surface area contributed by atoms with Gasteiger partial charge in [-0.25, -0.2) is 8.42 Å². The number of sulfonamides is 1. The summed E-state index contributed by atoms with van der Waals surface area (Å²) >= 11 is 0. The largest absolute Gasteiger partial charge is 0.352 e. The number of aryl methyl sites for hydroxylation is 2. The monoisotopic (exact) mass is 391 g/mol. The lowest BCUT2D eigenvalue weighted by Gasteiger charge is -2.27. The van der Waals surface area contributed by atoms with Crippen LogP contribution in [0.2, 0.25) is 0 Å². The molecule has 0 radical (unpaired) electrons. The first-order valence-electron chi connectivity index (χ1n) is 8.86. The van der Waals surface area contributed by atoms with Crippen LogP contribution >= 0.6 is 0 Å². The predicted octanol–water partition coefficient (Wildman–Crippen LogP) is 0.722. The summed E-state index contributed by atoms with van der Waals surface area (Å²) in [6.45, 7) is 5.13. The van der Waals surface area contributed by atoms with Crippen LogP contribution in [0, 0.1) is 13.8 Å². The molecule has 2 aromatic heterocycles. The van der Waals surface area contributed by atoms with E-state index < -0.39 is 10.0 Å². The highest BCUT2D eigenvalue weighted by Crippen LogP contribution is 2.23. The van der Waals surface area contributed by atoms with Crippen LogP contribution in [0.4, 0.5) is 0 Å². The number of amides is 1. The topological polar surface area (TPSA) is 97.2 Å². The zero-order valence-electron chi connectivity index (χ0n) is 16.1. The average Bonchev–Trinajstić information content (AvgIpc) is 2.85. The molecule has 0 aliphatic carbocycles. The Labute approximate surface area is 159 Å². The summed E-state index contributed by atoms with van der Waals surface area (Å²) in [6.07, 6.45) is 5.62. The van der Waals surface area contributed by atoms with E-state index in [0.29, 0.717) is 31.5 Å². The van der Waals surface area contributed by atoms with E-state index >= 15 is 0 Å². The summed E-state index contributed by atoms with van der Waals surface area (Å²) in [4.78, 5) is 16.8. The molecule has 3 rings (SSSR count). The van der Waals surface area contributed by atoms with Crippen molar-refractivity contribution in [1.82, 2.24) is 24.4 Å². The molecule has 0 unspecified atom stereocenters. The number of pyridine rings is 1. The van der Waals surface area contributed by atoms with Crippen molar-refractivity contribution in [2.45, 2.75) is 33.2 Å². The van der Waals surface area contributed by atoms with Gasteiger partial charge in [-0.3, -0.25) is 14.5 Å². The molecule has 27 heavy (non-hydrogen) atoms. The lowest BCUT2D eigenvalue weighted by Crippen LogP contribution is -2.37. The molecule has 0 bridgehead atoms. The van der Waals surface area contributed by atoms with Gasteiger partial charge < -0.3 is 5.32 Å². The lowest BCUT2D eigenvalue weighted by atomic mass is 9.98. The van der Waals surface area contributed by atoms with E-state index in [1.165, 1.54) is 10.6 Å². The molecule has 1 aliphatic heterocycles. The summed E-state index contributed by atoms with van der Waals surface area (Å²) in [5, 5.41) is 7.35. The Balaban J connectivity index is 1.70. The van der Waals surface area contributed by atoms with E-state index in [1.54, 1.807) is 12.4 Å². The number of nitrogens with zero attached hydrogens (tertiary/aromatic N) is 4. The highest BCUT2D eigenvalue weighted by Gasteiger charge is 2.26. The molecule has 1 amide bonds. The number of carbonyl (C=O) groups is 1. The van der Waals surface area contributed by atoms with E-state index in [4.69, 9.17) is 0 Å². The first-order valence-corrected chi connectivity index (χ1v) is 10.7. The molecule has 0 spiro atoms. The fourth-order valence-corrected chi connectivity index (χ4v) is 4.32. The van der Waals surface area contributed by atoms with E-state index in [1.807, 2.05) is 25.6 Å². The zero-order chi connectivity index (χ0) is 19.8. The molecular formula is C18H25N5O3S. The first-order chi connectivity index (χ1) is 12.7. The molecule has 2 aromatic rings. The van der Waals surface area contributed by atoms with Gasteiger partial charge in [0.25, 0.3) is 5.91 Å². The van der Waals surface area contributed by atoms with Gasteiger partial charge in [0.05, 0.1) is 17.5 Å². The van der Waals surface area contributed by atoms with Gasteiger partial charge in [0.15, 0.2) is 0 Å². The number of aromatic nitrogens is 3. The Bertz CT molecular complexity index is 981. The number of fused-ring (bicyclic) bond motifs is 1. The number of nitrogens with one attached hydrogen (secondary N) is 1. The van der Waals surface area contributed by atoms with Gasteiger partial charge in [0.1, 0.15) is 0 Å². The highest BCUT2D eigenvalue weighted by molar-refractivity contribution is 7.88. The fourth-order valence-electron chi connectivity index (χ4n) is 3.52. The second kappa shape index (κ2) is 7.40. The maximum atomic E-state index is 12.7. The van der Waals surface area contributed by atoms with Gasteiger partial charge >= 0.3 is 0 Å². The van der Waals surface area contributed by atoms with Gasteiger partial charge in [-0.15, -0.1) is 0 Å². The summed E-state index contributed by atoms with van der Waals surface area (Å²) in [5.41, 5.74) is 5.43. The minimum atomic E-state index is -3.26. The van der Waals surface area contributed by atoms with Crippen molar-refractivity contribution in [3.63, 3.8) is 0 Å². The molecule has 1 N–H and O–H groups in total. The van der Waals surface area contributed by atoms with Gasteiger partial charge in [0, 0.05) is 44.8 Å². The first kappa shape index (κ1) is 19.5. The standard InChI is InChI=1S/C18H25N5O3S/c1-12-15(13(2)22(3)21-12)5-7-20-18(24)17-10-19-9-14-11-23(27(4,25)26)8-6-16(14)17/h9-10H,5-8,11H2,1-4H3,(H,20,24). The molecule has 0 atom stereocenters. The van der Waals surface area contributed by atoms with E-state index in [2.05, 4.69) is 15.4 Å². The van der Waals surface area contributed by atoms with Gasteiger partial charge in [0.2, 0.25) is 10.0 Å². The maximum absolute atomic E-state index is 12.7. The van der Waals surface area contributed by atoms with Crippen LogP contribution in [0.5, 0.6) is 0 Å². The summed E-state index contributed by atoms with van der Waals surface area (Å²) in [5.74, 6) is -0.175. The zero-order valence-corrected chi connectivity index (χ0v) is 16.9. The van der Waals surface area contributed by atoms with Crippen LogP contribution in [0.3, 0.4) is 0 Å². The van der Waals surface area contributed by atoms with Crippen molar-refractivity contribution >= 4 is 15.9 Å². The Morgan fingerprint density at radius 3 is 2.67 bits per heavy atom. The molecule has 3 heterocycles. The van der Waals surface area contributed by atoms with Crippen LogP contribution in [-0.4, -0.2) is 52.7 Å². The second-order valence-electron chi connectivity index (χ2n) is 6.95. The molecule has 9 heteroatoms. The third-order valence-corrected chi connectivity index (χ3v) is 6.39. The summed E-state index contributed by atoms with van der Waals surface area (Å²) < 4.78 is 26.8. The number of carbonyl (C=O) groups excluding carboxylic acids is 1. The highest BCUT2D eigenvalue weighted by atomic mass is 32.2. The van der Waals surface area contributed by atoms with Crippen molar-refractivity contribution in [2.75, 3.05) is 19.3 Å². The minimum Gasteiger partial charge on any atom is -0.352 e. The van der Waals surface area contributed by atoms with Crippen molar-refractivity contribution in [1.29, 1.82) is 0 Å². The molecule has 0 saturated heterocycles. The van der Waals surface area contributed by atoms with Crippen LogP contribution in [0.15, 0.2) is 12.4 Å². The Morgan fingerprint density at radius 1 is 1.30 bits per heavy atom. The summed E-state index contributed by atoms with van der Waals surface area (Å²) in [6, 6.07) is 0. The van der Waals surface area contributed by atoms with Crippen LogP contribution < -0.4 is 5.32 Å². The Hall–Kier alpha value is -2.26. The van der Waals surface area contributed by atoms with Crippen molar-refractivity contribution in [2.24, 2.45) is 7.05 Å². The van der Waals surface area contributed by atoms with E-state index in [-0.39, 0.29) is 12.5 Å². The van der Waals surface area contributed by atoms with Crippen molar-refractivity contribution < 1.29 is 13.2 Å². The number of hydrogen-bond donors (Lipinski definition) is 1. The molecule has 0 aromatic carbocycles. The normalized spacial score (nSPS) is 14.8. The van der Waals surface area contributed by atoms with Gasteiger partial charge in [-0.05, 0) is 43.4 Å². The van der Waals surface area contributed by atoms with Crippen LogP contribution in [0.25, 0.3) is 0 Å². The molecule has 0 saturated carbocycles. The van der Waals surface area contributed by atoms with Crippen molar-refractivity contribution in [3.8, 4) is 0 Å². The van der Waals surface area contributed by atoms with Crippen LogP contribution in [-0.2, 0) is 36.5 Å². The maximum Gasteiger partial charge on any atom is 0.253 e. The molecule has 1 aliphatic rings. The third-order valence-electron chi connectivity index (χ3n) is 5.14. The SMILES string of the molecule is Cc1nn(C)c(C)c1CCNC(=O)c1cncc2c1CCN(S(C)(=O)=O)C2. The lowest BCUT2D eigenvalue weighted by molar-refractivity contribution is 0.0952. The molecule has 8 nitrogen and oxygen atoms in total. The molecule has 0 fully saturated rings. The van der Waals surface area contributed by atoms with Gasteiger partial charge in [-0.2, -0.15) is 9.40 Å². The molecular weight excluding hydrogens is 366 g/mol. The number of hydrogen-bond acceptors (Lipinski definition) is 5. The quantitative estimate of drug-likeness (QED) is 0.810. The van der Waals surface area contributed by atoms with Crippen molar-refractivity contribution in [3.05, 3.63) is 46.0 Å². The Morgan fingerprint density at radius 2 is 2.04 bits per heavy atom. The number of rotatable bonds is 5. The van der Waals surface area contributed by atoms with E-state index in [0.717, 1.165) is 28.1 Å². The minimum absolute atomic E-state index is 0.175. The average molecular weight is 391 g/mol. The van der Waals surface area contributed by atoms with Gasteiger partial charge in [-0.1, -0.05) is 0 Å². The third kappa shape index (κ3) is 4.03. The van der Waals surface area contributed by atoms with Crippen LogP contribution in [0.1, 0.15) is 38.4 Å². The molecule has 146 valence electrons. The van der Waals surface area contributed by atoms with E-state index in [9.17, 15) is 13.2 Å². The predicted molar refractivity (Wildman–Crippen MR) is 102 cm³/mol. The second-order valence-corrected chi connectivity index (χ2v) is 8.93. The Kier molecular flexibility index (Phi) is 5.34. The fraction of sp³-hybridized carbons (Fsp3) is 0.500. The smallest absolute Gasteiger partial charge is 0.253 e.